The lowest BCUT2D eigenvalue weighted by Crippen LogP contribution is -2.30. The number of aromatic nitrogens is 3. The molecule has 0 atom stereocenters. The molecule has 7 nitrogen and oxygen atoms in total. The lowest BCUT2D eigenvalue weighted by molar-refractivity contribution is -0.131. The summed E-state index contributed by atoms with van der Waals surface area (Å²) in [6.07, 6.45) is 0. The zero-order chi connectivity index (χ0) is 21.0. The van der Waals surface area contributed by atoms with E-state index in [0.29, 0.717) is 33.7 Å². The van der Waals surface area contributed by atoms with E-state index in [2.05, 4.69) is 10.2 Å². The lowest BCUT2D eigenvalue weighted by atomic mass is 10.1. The molecule has 0 saturated carbocycles. The van der Waals surface area contributed by atoms with Crippen LogP contribution in [0.3, 0.4) is 0 Å². The van der Waals surface area contributed by atoms with E-state index < -0.39 is 0 Å². The number of halogens is 1. The van der Waals surface area contributed by atoms with Crippen LogP contribution in [0, 0.1) is 4.77 Å². The van der Waals surface area contributed by atoms with Crippen molar-refractivity contribution in [1.29, 1.82) is 0 Å². The highest BCUT2D eigenvalue weighted by Gasteiger charge is 2.17. The molecule has 1 N–H and O–H groups in total. The molecular formula is C20H21ClN4O3S. The Labute approximate surface area is 178 Å². The zero-order valence-electron chi connectivity index (χ0n) is 16.3. The maximum Gasteiger partial charge on any atom is 0.242 e. The first-order chi connectivity index (χ1) is 13.9. The molecule has 0 radical (unpaired) electrons. The summed E-state index contributed by atoms with van der Waals surface area (Å²) in [5, 5.41) is 7.63. The van der Waals surface area contributed by atoms with Crippen molar-refractivity contribution in [2.45, 2.75) is 13.1 Å². The van der Waals surface area contributed by atoms with Gasteiger partial charge in [-0.1, -0.05) is 11.6 Å². The van der Waals surface area contributed by atoms with Crippen LogP contribution in [0.2, 0.25) is 5.02 Å². The van der Waals surface area contributed by atoms with E-state index in [-0.39, 0.29) is 12.5 Å². The second-order valence-corrected chi connectivity index (χ2v) is 7.20. The van der Waals surface area contributed by atoms with Gasteiger partial charge in [0.15, 0.2) is 10.6 Å². The molecule has 9 heteroatoms. The van der Waals surface area contributed by atoms with Gasteiger partial charge in [-0.2, -0.15) is 5.10 Å². The number of ether oxygens (including phenoxy) is 2. The summed E-state index contributed by atoms with van der Waals surface area (Å²) in [6, 6.07) is 12.7. The second-order valence-electron chi connectivity index (χ2n) is 6.37. The highest BCUT2D eigenvalue weighted by atomic mass is 35.5. The number of hydrogen-bond donors (Lipinski definition) is 1. The Morgan fingerprint density at radius 1 is 1.21 bits per heavy atom. The molecule has 0 fully saturated rings. The van der Waals surface area contributed by atoms with Crippen molar-refractivity contribution in [1.82, 2.24) is 19.7 Å². The largest absolute Gasteiger partial charge is 0.497 e. The number of nitrogens with one attached hydrogen (secondary N) is 1. The Balaban J connectivity index is 1.78. The van der Waals surface area contributed by atoms with Gasteiger partial charge in [0, 0.05) is 35.8 Å². The summed E-state index contributed by atoms with van der Waals surface area (Å²) < 4.78 is 12.7. The number of carbonyl (C=O) groups is 1. The maximum atomic E-state index is 12.9. The van der Waals surface area contributed by atoms with Crippen LogP contribution in [-0.4, -0.2) is 46.8 Å². The Morgan fingerprint density at radius 3 is 2.59 bits per heavy atom. The normalized spacial score (nSPS) is 10.6. The lowest BCUT2D eigenvalue weighted by Gasteiger charge is -2.20. The summed E-state index contributed by atoms with van der Waals surface area (Å²) in [6.45, 7) is 0.440. The first-order valence-corrected chi connectivity index (χ1v) is 9.57. The number of nitrogens with zero attached hydrogens (tertiary/aromatic N) is 3. The van der Waals surface area contributed by atoms with Crippen LogP contribution in [0.25, 0.3) is 11.4 Å². The quantitative estimate of drug-likeness (QED) is 0.572. The molecule has 0 aliphatic heterocycles. The van der Waals surface area contributed by atoms with Gasteiger partial charge in [-0.15, -0.1) is 0 Å². The number of likely N-dealkylation sites (N-methyl/N-ethyl adjacent to an activating group) is 1. The first-order valence-electron chi connectivity index (χ1n) is 8.79. The van der Waals surface area contributed by atoms with Crippen LogP contribution in [0.4, 0.5) is 0 Å². The molecule has 0 aliphatic carbocycles. The van der Waals surface area contributed by atoms with E-state index in [4.69, 9.17) is 33.3 Å². The van der Waals surface area contributed by atoms with E-state index in [1.807, 2.05) is 24.3 Å². The number of aromatic amines is 1. The van der Waals surface area contributed by atoms with Gasteiger partial charge in [0.1, 0.15) is 18.0 Å². The summed E-state index contributed by atoms with van der Waals surface area (Å²) in [5.74, 6) is 1.81. The van der Waals surface area contributed by atoms with Crippen LogP contribution in [0.5, 0.6) is 11.5 Å². The second kappa shape index (κ2) is 9.11. The summed E-state index contributed by atoms with van der Waals surface area (Å²) in [5.41, 5.74) is 1.69. The van der Waals surface area contributed by atoms with Crippen molar-refractivity contribution in [2.75, 3.05) is 21.3 Å². The molecule has 3 rings (SSSR count). The fraction of sp³-hybridized carbons (Fsp3) is 0.250. The van der Waals surface area contributed by atoms with E-state index in [1.165, 1.54) is 0 Å². The van der Waals surface area contributed by atoms with E-state index in [9.17, 15) is 4.79 Å². The average Bonchev–Trinajstić information content (AvgIpc) is 3.09. The van der Waals surface area contributed by atoms with Crippen LogP contribution in [0.1, 0.15) is 5.56 Å². The average molecular weight is 433 g/mol. The van der Waals surface area contributed by atoms with E-state index in [1.54, 1.807) is 48.9 Å². The smallest absolute Gasteiger partial charge is 0.242 e. The van der Waals surface area contributed by atoms with Crippen LogP contribution in [0.15, 0.2) is 42.5 Å². The SMILES string of the molecule is COc1ccc(CN(C)C(=O)Cn2c(-c3ccc(Cl)cc3)n[nH]c2=S)c(OC)c1. The van der Waals surface area contributed by atoms with Crippen LogP contribution >= 0.6 is 23.8 Å². The van der Waals surface area contributed by atoms with Crippen molar-refractivity contribution in [3.8, 4) is 22.9 Å². The fourth-order valence-electron chi connectivity index (χ4n) is 2.87. The molecule has 0 unspecified atom stereocenters. The summed E-state index contributed by atoms with van der Waals surface area (Å²) >= 11 is 11.3. The highest BCUT2D eigenvalue weighted by molar-refractivity contribution is 7.71. The Kier molecular flexibility index (Phi) is 6.56. The molecule has 0 bridgehead atoms. The minimum absolute atomic E-state index is 0.0578. The predicted molar refractivity (Wildman–Crippen MR) is 114 cm³/mol. The van der Waals surface area contributed by atoms with E-state index in [0.717, 1.165) is 11.1 Å². The molecule has 1 amide bonds. The van der Waals surface area contributed by atoms with Crippen molar-refractivity contribution in [3.63, 3.8) is 0 Å². The van der Waals surface area contributed by atoms with Crippen molar-refractivity contribution in [3.05, 3.63) is 57.8 Å². The minimum Gasteiger partial charge on any atom is -0.497 e. The number of methoxy groups -OCH3 is 2. The molecule has 0 saturated heterocycles. The number of H-pyrrole nitrogens is 1. The van der Waals surface area contributed by atoms with Gasteiger partial charge in [0.2, 0.25) is 5.91 Å². The number of amides is 1. The third-order valence-electron chi connectivity index (χ3n) is 4.48. The number of carbonyl (C=O) groups excluding carboxylic acids is 1. The Morgan fingerprint density at radius 2 is 1.93 bits per heavy atom. The van der Waals surface area contributed by atoms with Gasteiger partial charge in [0.25, 0.3) is 0 Å². The zero-order valence-corrected chi connectivity index (χ0v) is 17.9. The molecule has 1 heterocycles. The van der Waals surface area contributed by atoms with Crippen molar-refractivity contribution >= 4 is 29.7 Å². The minimum atomic E-state index is -0.115. The monoisotopic (exact) mass is 432 g/mol. The molecule has 1 aromatic heterocycles. The predicted octanol–water partition coefficient (Wildman–Crippen LogP) is 3.94. The van der Waals surface area contributed by atoms with E-state index >= 15 is 0 Å². The van der Waals surface area contributed by atoms with Gasteiger partial charge < -0.3 is 14.4 Å². The Hall–Kier alpha value is -2.84. The molecule has 0 aliphatic rings. The third-order valence-corrected chi connectivity index (χ3v) is 5.05. The van der Waals surface area contributed by atoms with Crippen LogP contribution in [-0.2, 0) is 17.9 Å². The number of benzene rings is 2. The van der Waals surface area contributed by atoms with Gasteiger partial charge in [0.05, 0.1) is 14.2 Å². The molecule has 3 aromatic rings. The Bertz CT molecular complexity index is 1060. The van der Waals surface area contributed by atoms with Gasteiger partial charge >= 0.3 is 0 Å². The van der Waals surface area contributed by atoms with Crippen molar-refractivity contribution < 1.29 is 14.3 Å². The highest BCUT2D eigenvalue weighted by Crippen LogP contribution is 2.26. The number of rotatable bonds is 7. The topological polar surface area (TPSA) is 72.4 Å². The van der Waals surface area contributed by atoms with Crippen LogP contribution < -0.4 is 9.47 Å². The standard InChI is InChI=1S/C20H21ClN4O3S/c1-24(11-14-6-9-16(27-2)10-17(14)28-3)18(26)12-25-19(22-23-20(25)29)13-4-7-15(21)8-5-13/h4-10H,11-12H2,1-3H3,(H,23,29). The maximum absolute atomic E-state index is 12.9. The molecular weight excluding hydrogens is 412 g/mol. The van der Waals surface area contributed by atoms with Gasteiger partial charge in [-0.25, -0.2) is 0 Å². The molecule has 29 heavy (non-hydrogen) atoms. The molecule has 0 spiro atoms. The molecule has 152 valence electrons. The summed E-state index contributed by atoms with van der Waals surface area (Å²) in [4.78, 5) is 14.5. The van der Waals surface area contributed by atoms with Gasteiger partial charge in [-0.05, 0) is 48.6 Å². The van der Waals surface area contributed by atoms with Crippen molar-refractivity contribution in [2.24, 2.45) is 0 Å². The van der Waals surface area contributed by atoms with Gasteiger partial charge in [-0.3, -0.25) is 14.5 Å². The fourth-order valence-corrected chi connectivity index (χ4v) is 3.19. The molecule has 2 aromatic carbocycles. The third kappa shape index (κ3) is 4.78. The first kappa shape index (κ1) is 20.9. The number of hydrogen-bond acceptors (Lipinski definition) is 5. The summed E-state index contributed by atoms with van der Waals surface area (Å²) in [7, 11) is 4.91.